The zero-order valence-corrected chi connectivity index (χ0v) is 17.5. The number of benzene rings is 1. The first-order chi connectivity index (χ1) is 14.8. The number of pyridine rings is 1. The van der Waals surface area contributed by atoms with Gasteiger partial charge in [0.25, 0.3) is 5.56 Å². The van der Waals surface area contributed by atoms with Crippen LogP contribution < -0.4 is 5.56 Å². The maximum absolute atomic E-state index is 13.5. The van der Waals surface area contributed by atoms with Gasteiger partial charge in [-0.3, -0.25) is 14.7 Å². The largest absolute Gasteiger partial charge is 0.469 e. The molecule has 4 aromatic rings. The summed E-state index contributed by atoms with van der Waals surface area (Å²) in [6.45, 7) is 5.01. The van der Waals surface area contributed by atoms with Crippen LogP contribution in [0, 0.1) is 12.8 Å². The van der Waals surface area contributed by atoms with E-state index in [2.05, 4.69) is 10.1 Å². The van der Waals surface area contributed by atoms with E-state index in [1.165, 1.54) is 11.6 Å². The van der Waals surface area contributed by atoms with E-state index in [9.17, 15) is 14.7 Å². The van der Waals surface area contributed by atoms with Crippen molar-refractivity contribution in [3.8, 4) is 5.69 Å². The van der Waals surface area contributed by atoms with E-state index >= 15 is 0 Å². The zero-order chi connectivity index (χ0) is 21.9. The summed E-state index contributed by atoms with van der Waals surface area (Å²) in [6.07, 6.45) is 1.72. The number of aliphatic hydroxyl groups is 1. The number of fused-ring (bicyclic) bond motifs is 3. The highest BCUT2D eigenvalue weighted by Gasteiger charge is 2.49. The average molecular weight is 417 g/mol. The molecule has 0 bridgehead atoms. The summed E-state index contributed by atoms with van der Waals surface area (Å²) in [7, 11) is 0. The summed E-state index contributed by atoms with van der Waals surface area (Å²) >= 11 is 0. The van der Waals surface area contributed by atoms with Crippen LogP contribution in [0.5, 0.6) is 0 Å². The lowest BCUT2D eigenvalue weighted by atomic mass is 9.64. The van der Waals surface area contributed by atoms with E-state index in [0.29, 0.717) is 33.7 Å². The Morgan fingerprint density at radius 3 is 2.65 bits per heavy atom. The Morgan fingerprint density at radius 2 is 2.00 bits per heavy atom. The molecule has 0 radical (unpaired) electrons. The van der Waals surface area contributed by atoms with Crippen molar-refractivity contribution in [3.05, 3.63) is 81.7 Å². The third-order valence-electron chi connectivity index (χ3n) is 6.32. The minimum Gasteiger partial charge on any atom is -0.469 e. The van der Waals surface area contributed by atoms with Gasteiger partial charge in [-0.1, -0.05) is 18.2 Å². The molecule has 3 unspecified atom stereocenters. The minimum atomic E-state index is -1.35. The lowest BCUT2D eigenvalue weighted by Gasteiger charge is -2.42. The Morgan fingerprint density at radius 1 is 1.26 bits per heavy atom. The number of ketones is 1. The Bertz CT molecular complexity index is 1350. The lowest BCUT2D eigenvalue weighted by molar-refractivity contribution is -0.131. The third-order valence-corrected chi connectivity index (χ3v) is 6.32. The summed E-state index contributed by atoms with van der Waals surface area (Å²) in [5, 5.41) is 14.9. The van der Waals surface area contributed by atoms with Gasteiger partial charge in [0.15, 0.2) is 5.65 Å². The molecule has 0 amide bonds. The number of hydrogen-bond acceptors (Lipinski definition) is 5. The first kappa shape index (κ1) is 19.5. The van der Waals surface area contributed by atoms with Crippen molar-refractivity contribution in [2.75, 3.05) is 0 Å². The van der Waals surface area contributed by atoms with E-state index in [-0.39, 0.29) is 17.8 Å². The molecule has 3 atom stereocenters. The Balaban J connectivity index is 1.85. The molecule has 3 heterocycles. The highest BCUT2D eigenvalue weighted by Crippen LogP contribution is 2.48. The molecule has 5 rings (SSSR count). The molecule has 31 heavy (non-hydrogen) atoms. The highest BCUT2D eigenvalue weighted by molar-refractivity contribution is 5.86. The first-order valence-electron chi connectivity index (χ1n) is 10.3. The van der Waals surface area contributed by atoms with Gasteiger partial charge in [-0.15, -0.1) is 0 Å². The number of rotatable bonds is 3. The minimum absolute atomic E-state index is 0.132. The van der Waals surface area contributed by atoms with Crippen LogP contribution in [0.1, 0.15) is 42.3 Å². The van der Waals surface area contributed by atoms with E-state index in [4.69, 9.17) is 4.42 Å². The van der Waals surface area contributed by atoms with Crippen molar-refractivity contribution >= 4 is 16.8 Å². The van der Waals surface area contributed by atoms with Gasteiger partial charge in [-0.2, -0.15) is 0 Å². The number of hydrogen-bond donors (Lipinski definition) is 2. The fraction of sp³-hybridized carbons (Fsp3) is 0.292. The second-order valence-corrected chi connectivity index (χ2v) is 8.52. The average Bonchev–Trinajstić information content (AvgIpc) is 3.35. The summed E-state index contributed by atoms with van der Waals surface area (Å²) < 4.78 is 7.16. The number of aromatic nitrogens is 3. The number of Topliss-reactive ketones (excluding diaryl/α,β-unsaturated/α-hetero) is 1. The molecule has 0 saturated carbocycles. The van der Waals surface area contributed by atoms with Crippen molar-refractivity contribution in [1.29, 1.82) is 0 Å². The normalized spacial score (nSPS) is 23.1. The quantitative estimate of drug-likeness (QED) is 0.533. The molecule has 1 aromatic carbocycles. The molecule has 1 aliphatic rings. The number of aryl methyl sites for hydroxylation is 1. The SMILES string of the molecule is CC(=O)C1C(c2ccco2)c2c(C)nc3[nH]n(-c4ccccc4)c(=O)c3c2CC1(C)O. The smallest absolute Gasteiger partial charge is 0.281 e. The van der Waals surface area contributed by atoms with E-state index in [1.54, 1.807) is 25.3 Å². The number of nitrogens with one attached hydrogen (secondary N) is 1. The van der Waals surface area contributed by atoms with Gasteiger partial charge in [0.2, 0.25) is 0 Å². The van der Waals surface area contributed by atoms with Crippen LogP contribution in [-0.4, -0.2) is 31.3 Å². The summed E-state index contributed by atoms with van der Waals surface area (Å²) in [4.78, 5) is 30.8. The molecule has 0 saturated heterocycles. The monoisotopic (exact) mass is 417 g/mol. The molecule has 0 fully saturated rings. The van der Waals surface area contributed by atoms with Crippen LogP contribution >= 0.6 is 0 Å². The van der Waals surface area contributed by atoms with Crippen LogP contribution in [0.4, 0.5) is 0 Å². The number of aromatic amines is 1. The molecule has 0 aliphatic heterocycles. The number of para-hydroxylation sites is 1. The van der Waals surface area contributed by atoms with Crippen LogP contribution in [-0.2, 0) is 11.2 Å². The summed E-state index contributed by atoms with van der Waals surface area (Å²) in [6, 6.07) is 12.8. The fourth-order valence-corrected chi connectivity index (χ4v) is 5.16. The number of furan rings is 1. The van der Waals surface area contributed by atoms with E-state index < -0.39 is 17.4 Å². The Labute approximate surface area is 178 Å². The number of carbonyl (C=O) groups is 1. The second-order valence-electron chi connectivity index (χ2n) is 8.52. The van der Waals surface area contributed by atoms with Crippen molar-refractivity contribution in [2.24, 2.45) is 5.92 Å². The first-order valence-corrected chi connectivity index (χ1v) is 10.3. The van der Waals surface area contributed by atoms with Crippen molar-refractivity contribution in [2.45, 2.75) is 38.7 Å². The molecule has 7 heteroatoms. The van der Waals surface area contributed by atoms with Crippen molar-refractivity contribution in [1.82, 2.24) is 14.8 Å². The van der Waals surface area contributed by atoms with Crippen molar-refractivity contribution < 1.29 is 14.3 Å². The van der Waals surface area contributed by atoms with Gasteiger partial charge < -0.3 is 9.52 Å². The summed E-state index contributed by atoms with van der Waals surface area (Å²) in [5.74, 6) is -0.793. The molecule has 7 nitrogen and oxygen atoms in total. The molecular formula is C24H23N3O4. The maximum atomic E-state index is 13.5. The molecule has 158 valence electrons. The molecule has 2 N–H and O–H groups in total. The predicted molar refractivity (Wildman–Crippen MR) is 115 cm³/mol. The summed E-state index contributed by atoms with van der Waals surface area (Å²) in [5.41, 5.74) is 1.77. The third kappa shape index (κ3) is 2.88. The molecule has 0 spiro atoms. The maximum Gasteiger partial charge on any atom is 0.281 e. The van der Waals surface area contributed by atoms with Crippen LogP contribution in [0.15, 0.2) is 57.9 Å². The second kappa shape index (κ2) is 6.78. The van der Waals surface area contributed by atoms with Crippen LogP contribution in [0.3, 0.4) is 0 Å². The van der Waals surface area contributed by atoms with Gasteiger partial charge in [-0.05, 0) is 56.2 Å². The standard InChI is InChI=1S/C24H23N3O4/c1-13-18-16(12-24(3,30)21(14(2)28)20(18)17-10-7-11-31-17)19-22(25-13)26-27(23(19)29)15-8-5-4-6-9-15/h4-11,20-21,30H,12H2,1-3H3,(H,25,26). The molecule has 1 aliphatic carbocycles. The molecule has 3 aromatic heterocycles. The predicted octanol–water partition coefficient (Wildman–Crippen LogP) is 3.26. The van der Waals surface area contributed by atoms with Gasteiger partial charge in [0.05, 0.1) is 34.8 Å². The van der Waals surface area contributed by atoms with Gasteiger partial charge in [-0.25, -0.2) is 9.67 Å². The van der Waals surface area contributed by atoms with Gasteiger partial charge >= 0.3 is 0 Å². The van der Waals surface area contributed by atoms with Crippen LogP contribution in [0.25, 0.3) is 16.7 Å². The van der Waals surface area contributed by atoms with E-state index in [0.717, 1.165) is 5.56 Å². The topological polar surface area (TPSA) is 101 Å². The van der Waals surface area contributed by atoms with Crippen LogP contribution in [0.2, 0.25) is 0 Å². The fourth-order valence-electron chi connectivity index (χ4n) is 5.16. The highest BCUT2D eigenvalue weighted by atomic mass is 16.3. The van der Waals surface area contributed by atoms with Gasteiger partial charge in [0, 0.05) is 12.1 Å². The van der Waals surface area contributed by atoms with E-state index in [1.807, 2.05) is 37.3 Å². The number of carbonyl (C=O) groups excluding carboxylic acids is 1. The number of H-pyrrole nitrogens is 1. The van der Waals surface area contributed by atoms with Gasteiger partial charge in [0.1, 0.15) is 11.5 Å². The lowest BCUT2D eigenvalue weighted by Crippen LogP contribution is -2.48. The molecular weight excluding hydrogens is 394 g/mol. The Kier molecular flexibility index (Phi) is 4.27. The Hall–Kier alpha value is -3.45. The van der Waals surface area contributed by atoms with Crippen molar-refractivity contribution in [3.63, 3.8) is 0 Å². The zero-order valence-electron chi connectivity index (χ0n) is 17.5. The number of nitrogens with zero attached hydrogens (tertiary/aromatic N) is 2.